The van der Waals surface area contributed by atoms with E-state index in [1.165, 1.54) is 0 Å². The van der Waals surface area contributed by atoms with Gasteiger partial charge in [0.25, 0.3) is 5.91 Å². The van der Waals surface area contributed by atoms with Gasteiger partial charge in [-0.25, -0.2) is 4.98 Å². The monoisotopic (exact) mass is 414 g/mol. The zero-order chi connectivity index (χ0) is 21.6. The van der Waals surface area contributed by atoms with Gasteiger partial charge >= 0.3 is 0 Å². The Balaban J connectivity index is 1.49. The molecule has 0 aliphatic rings. The van der Waals surface area contributed by atoms with Crippen molar-refractivity contribution in [1.29, 1.82) is 0 Å². The van der Waals surface area contributed by atoms with Crippen LogP contribution in [0.5, 0.6) is 5.75 Å². The summed E-state index contributed by atoms with van der Waals surface area (Å²) >= 11 is 0. The Hall–Kier alpha value is -3.67. The van der Waals surface area contributed by atoms with Crippen molar-refractivity contribution in [2.45, 2.75) is 32.9 Å². The van der Waals surface area contributed by atoms with Gasteiger partial charge in [-0.05, 0) is 56.2 Å². The van der Waals surface area contributed by atoms with Gasteiger partial charge in [0.2, 0.25) is 0 Å². The molecule has 31 heavy (non-hydrogen) atoms. The van der Waals surface area contributed by atoms with Crippen molar-refractivity contribution >= 4 is 16.9 Å². The fourth-order valence-electron chi connectivity index (χ4n) is 3.62. The molecule has 4 rings (SSSR count). The lowest BCUT2D eigenvalue weighted by Crippen LogP contribution is -2.29. The van der Waals surface area contributed by atoms with Gasteiger partial charge in [-0.3, -0.25) is 9.78 Å². The van der Waals surface area contributed by atoms with Gasteiger partial charge in [0, 0.05) is 12.7 Å². The number of pyridine rings is 1. The van der Waals surface area contributed by atoms with E-state index in [1.807, 2.05) is 56.3 Å². The van der Waals surface area contributed by atoms with E-state index in [1.54, 1.807) is 24.4 Å². The molecular weight excluding hydrogens is 388 g/mol. The van der Waals surface area contributed by atoms with Gasteiger partial charge in [-0.2, -0.15) is 0 Å². The predicted octanol–water partition coefficient (Wildman–Crippen LogP) is 4.70. The first-order valence-electron chi connectivity index (χ1n) is 10.5. The molecule has 1 unspecified atom stereocenters. The normalized spacial score (nSPS) is 11.9. The molecule has 2 heterocycles. The number of rotatable bonds is 8. The number of amides is 1. The third-order valence-electron chi connectivity index (χ3n) is 5.19. The van der Waals surface area contributed by atoms with E-state index in [0.29, 0.717) is 12.3 Å². The minimum atomic E-state index is -0.265. The lowest BCUT2D eigenvalue weighted by Gasteiger charge is -2.16. The molecule has 6 heteroatoms. The van der Waals surface area contributed by atoms with Crippen molar-refractivity contribution in [3.63, 3.8) is 0 Å². The molecule has 1 N–H and O–H groups in total. The highest BCUT2D eigenvalue weighted by Crippen LogP contribution is 2.22. The van der Waals surface area contributed by atoms with E-state index in [4.69, 9.17) is 9.72 Å². The molecule has 0 radical (unpaired) electrons. The largest absolute Gasteiger partial charge is 0.493 e. The minimum absolute atomic E-state index is 0.213. The standard InChI is InChI=1S/C25H26N4O2/c1-18-10-3-6-14-23(18)31-17-9-16-29-22-13-5-4-11-20(22)28-24(29)19(2)27-25(30)21-12-7-8-15-26-21/h3-8,10-15,19H,9,16-17H2,1-2H3,(H,27,30). The summed E-state index contributed by atoms with van der Waals surface area (Å²) in [4.78, 5) is 21.5. The van der Waals surface area contributed by atoms with Crippen molar-refractivity contribution in [2.75, 3.05) is 6.61 Å². The number of hydrogen-bond donors (Lipinski definition) is 1. The number of imidazole rings is 1. The van der Waals surface area contributed by atoms with Crippen LogP contribution in [-0.4, -0.2) is 27.0 Å². The number of nitrogens with zero attached hydrogens (tertiary/aromatic N) is 3. The molecule has 0 aliphatic heterocycles. The summed E-state index contributed by atoms with van der Waals surface area (Å²) in [6.07, 6.45) is 2.44. The van der Waals surface area contributed by atoms with Crippen molar-refractivity contribution in [2.24, 2.45) is 0 Å². The highest BCUT2D eigenvalue weighted by Gasteiger charge is 2.19. The third-order valence-corrected chi connectivity index (χ3v) is 5.19. The molecule has 158 valence electrons. The van der Waals surface area contributed by atoms with Crippen LogP contribution in [0.1, 0.15) is 41.3 Å². The van der Waals surface area contributed by atoms with Crippen LogP contribution < -0.4 is 10.1 Å². The quantitative estimate of drug-likeness (QED) is 0.424. The number of fused-ring (bicyclic) bond motifs is 1. The molecule has 2 aromatic heterocycles. The topological polar surface area (TPSA) is 69.0 Å². The van der Waals surface area contributed by atoms with E-state index in [9.17, 15) is 4.79 Å². The minimum Gasteiger partial charge on any atom is -0.493 e. The molecule has 4 aromatic rings. The van der Waals surface area contributed by atoms with E-state index in [-0.39, 0.29) is 11.9 Å². The number of nitrogens with one attached hydrogen (secondary N) is 1. The average molecular weight is 415 g/mol. The molecule has 0 aliphatic carbocycles. The molecule has 0 bridgehead atoms. The molecule has 1 amide bonds. The van der Waals surface area contributed by atoms with Crippen LogP contribution in [-0.2, 0) is 6.54 Å². The van der Waals surface area contributed by atoms with Crippen LogP contribution in [0.4, 0.5) is 0 Å². The Labute approximate surface area is 181 Å². The molecule has 0 saturated heterocycles. The smallest absolute Gasteiger partial charge is 0.270 e. The second kappa shape index (κ2) is 9.43. The average Bonchev–Trinajstić information content (AvgIpc) is 3.17. The Bertz CT molecular complexity index is 1170. The van der Waals surface area contributed by atoms with Gasteiger partial charge in [-0.15, -0.1) is 0 Å². The maximum atomic E-state index is 12.6. The van der Waals surface area contributed by atoms with Crippen molar-refractivity contribution in [3.05, 3.63) is 90.0 Å². The van der Waals surface area contributed by atoms with E-state index >= 15 is 0 Å². The first-order valence-corrected chi connectivity index (χ1v) is 10.5. The first-order chi connectivity index (χ1) is 15.1. The summed E-state index contributed by atoms with van der Waals surface area (Å²) in [5.74, 6) is 1.52. The Morgan fingerprint density at radius 1 is 1.06 bits per heavy atom. The van der Waals surface area contributed by atoms with Crippen LogP contribution in [0.2, 0.25) is 0 Å². The van der Waals surface area contributed by atoms with Crippen molar-refractivity contribution in [1.82, 2.24) is 19.9 Å². The molecule has 0 saturated carbocycles. The number of para-hydroxylation sites is 3. The summed E-state index contributed by atoms with van der Waals surface area (Å²) in [5, 5.41) is 3.02. The number of aromatic nitrogens is 3. The third kappa shape index (κ3) is 4.74. The van der Waals surface area contributed by atoms with Gasteiger partial charge in [0.15, 0.2) is 0 Å². The second-order valence-corrected chi connectivity index (χ2v) is 7.49. The Morgan fingerprint density at radius 2 is 1.84 bits per heavy atom. The first kappa shape index (κ1) is 20.6. The number of carbonyl (C=O) groups is 1. The van der Waals surface area contributed by atoms with Crippen LogP contribution in [0.15, 0.2) is 72.9 Å². The van der Waals surface area contributed by atoms with Gasteiger partial charge in [0.05, 0.1) is 23.7 Å². The number of ether oxygens (including phenoxy) is 1. The lowest BCUT2D eigenvalue weighted by molar-refractivity contribution is 0.0932. The summed E-state index contributed by atoms with van der Waals surface area (Å²) in [6.45, 7) is 5.34. The van der Waals surface area contributed by atoms with E-state index < -0.39 is 0 Å². The Kier molecular flexibility index (Phi) is 6.26. The molecule has 1 atom stereocenters. The number of carbonyl (C=O) groups excluding carboxylic acids is 1. The van der Waals surface area contributed by atoms with Gasteiger partial charge in [-0.1, -0.05) is 36.4 Å². The van der Waals surface area contributed by atoms with E-state index in [2.05, 4.69) is 20.9 Å². The number of hydrogen-bond acceptors (Lipinski definition) is 4. The highest BCUT2D eigenvalue weighted by molar-refractivity contribution is 5.92. The van der Waals surface area contributed by atoms with E-state index in [0.717, 1.165) is 41.1 Å². The fraction of sp³-hybridized carbons (Fsp3) is 0.240. The summed E-state index contributed by atoms with van der Waals surface area (Å²) in [6, 6.07) is 21.1. The number of benzene rings is 2. The molecule has 0 fully saturated rings. The summed E-state index contributed by atoms with van der Waals surface area (Å²) < 4.78 is 8.12. The van der Waals surface area contributed by atoms with Crippen molar-refractivity contribution in [3.8, 4) is 5.75 Å². The van der Waals surface area contributed by atoms with Crippen LogP contribution in [0.25, 0.3) is 11.0 Å². The van der Waals surface area contributed by atoms with Crippen molar-refractivity contribution < 1.29 is 9.53 Å². The van der Waals surface area contributed by atoms with Crippen LogP contribution in [0, 0.1) is 6.92 Å². The fourth-order valence-corrected chi connectivity index (χ4v) is 3.62. The van der Waals surface area contributed by atoms with Crippen LogP contribution in [0.3, 0.4) is 0 Å². The predicted molar refractivity (Wildman–Crippen MR) is 121 cm³/mol. The Morgan fingerprint density at radius 3 is 2.65 bits per heavy atom. The highest BCUT2D eigenvalue weighted by atomic mass is 16.5. The summed E-state index contributed by atoms with van der Waals surface area (Å²) in [5.41, 5.74) is 3.48. The van der Waals surface area contributed by atoms with Crippen LogP contribution >= 0.6 is 0 Å². The zero-order valence-electron chi connectivity index (χ0n) is 17.8. The molecule has 0 spiro atoms. The maximum Gasteiger partial charge on any atom is 0.270 e. The zero-order valence-corrected chi connectivity index (χ0v) is 17.8. The SMILES string of the molecule is Cc1ccccc1OCCCn1c(C(C)NC(=O)c2ccccn2)nc2ccccc21. The molecule has 6 nitrogen and oxygen atoms in total. The maximum absolute atomic E-state index is 12.6. The molecular formula is C25H26N4O2. The lowest BCUT2D eigenvalue weighted by atomic mass is 10.2. The number of aryl methyl sites for hydroxylation is 2. The van der Waals surface area contributed by atoms with Gasteiger partial charge in [0.1, 0.15) is 17.3 Å². The van der Waals surface area contributed by atoms with Gasteiger partial charge < -0.3 is 14.6 Å². The summed E-state index contributed by atoms with van der Waals surface area (Å²) in [7, 11) is 0. The second-order valence-electron chi connectivity index (χ2n) is 7.49. The molecule has 2 aromatic carbocycles.